The number of nitrogens with one attached hydrogen (secondary N) is 1. The van der Waals surface area contributed by atoms with Gasteiger partial charge in [-0.25, -0.2) is 0 Å². The maximum atomic E-state index is 3.34. The van der Waals surface area contributed by atoms with Crippen molar-refractivity contribution in [3.05, 3.63) is 71.9 Å². The Hall–Kier alpha value is -1.77. The number of hydrogen-bond donors (Lipinski definition) is 1. The van der Waals surface area contributed by atoms with Gasteiger partial charge in [0.15, 0.2) is 0 Å². The molecule has 0 unspecified atom stereocenters. The molecular formula is C18H21ClN2. The van der Waals surface area contributed by atoms with E-state index < -0.39 is 0 Å². The number of aromatic nitrogens is 1. The molecule has 0 spiro atoms. The lowest BCUT2D eigenvalue weighted by Crippen LogP contribution is -2.20. The van der Waals surface area contributed by atoms with E-state index in [9.17, 15) is 0 Å². The number of benzene rings is 2. The molecule has 1 heterocycles. The summed E-state index contributed by atoms with van der Waals surface area (Å²) in [5, 5.41) is 1.35. The molecule has 2 nitrogen and oxygen atoms in total. The maximum absolute atomic E-state index is 3.34. The molecular weight excluding hydrogens is 280 g/mol. The van der Waals surface area contributed by atoms with Gasteiger partial charge in [0.25, 0.3) is 0 Å². The molecule has 0 bridgehead atoms. The zero-order chi connectivity index (χ0) is 13.8. The molecule has 1 aromatic heterocycles. The van der Waals surface area contributed by atoms with Crippen molar-refractivity contribution in [2.45, 2.75) is 13.0 Å². The highest BCUT2D eigenvalue weighted by Crippen LogP contribution is 2.18. The average Bonchev–Trinajstić information content (AvgIpc) is 2.89. The van der Waals surface area contributed by atoms with Crippen LogP contribution in [-0.2, 0) is 13.0 Å². The molecule has 0 saturated heterocycles. The molecule has 0 fully saturated rings. The van der Waals surface area contributed by atoms with E-state index >= 15 is 0 Å². The van der Waals surface area contributed by atoms with Crippen molar-refractivity contribution in [3.8, 4) is 0 Å². The van der Waals surface area contributed by atoms with Crippen LogP contribution in [-0.4, -0.2) is 23.5 Å². The molecule has 2 aromatic carbocycles. The first-order valence-electron chi connectivity index (χ1n) is 7.10. The number of para-hydroxylation sites is 1. The molecule has 110 valence electrons. The second-order valence-electron chi connectivity index (χ2n) is 5.33. The molecule has 1 N–H and O–H groups in total. The Balaban J connectivity index is 0.00000161. The van der Waals surface area contributed by atoms with Gasteiger partial charge in [-0.1, -0.05) is 48.5 Å². The molecule has 3 rings (SSSR count). The first kappa shape index (κ1) is 15.6. The van der Waals surface area contributed by atoms with E-state index in [2.05, 4.69) is 77.7 Å². The zero-order valence-electron chi connectivity index (χ0n) is 12.3. The van der Waals surface area contributed by atoms with Crippen LogP contribution in [0, 0.1) is 0 Å². The van der Waals surface area contributed by atoms with E-state index in [4.69, 9.17) is 0 Å². The lowest BCUT2D eigenvalue weighted by Gasteiger charge is -2.16. The van der Waals surface area contributed by atoms with Crippen molar-refractivity contribution in [1.82, 2.24) is 9.88 Å². The van der Waals surface area contributed by atoms with Gasteiger partial charge >= 0.3 is 0 Å². The Kier molecular flexibility index (Phi) is 5.43. The van der Waals surface area contributed by atoms with Gasteiger partial charge in [0.05, 0.1) is 0 Å². The van der Waals surface area contributed by atoms with Gasteiger partial charge in [0.1, 0.15) is 0 Å². The van der Waals surface area contributed by atoms with Crippen molar-refractivity contribution in [2.24, 2.45) is 0 Å². The summed E-state index contributed by atoms with van der Waals surface area (Å²) in [7, 11) is 2.18. The molecule has 0 aliphatic carbocycles. The van der Waals surface area contributed by atoms with E-state index in [0.717, 1.165) is 19.5 Å². The number of hydrogen-bond acceptors (Lipinski definition) is 1. The molecule has 3 heteroatoms. The highest BCUT2D eigenvalue weighted by atomic mass is 35.5. The minimum atomic E-state index is 0. The van der Waals surface area contributed by atoms with E-state index in [1.54, 1.807) is 0 Å². The molecule has 0 amide bonds. The fraction of sp³-hybridized carbons (Fsp3) is 0.222. The van der Waals surface area contributed by atoms with Crippen LogP contribution in [0.5, 0.6) is 0 Å². The maximum Gasteiger partial charge on any atom is 0.0456 e. The Morgan fingerprint density at radius 1 is 0.952 bits per heavy atom. The number of nitrogens with zero attached hydrogens (tertiary/aromatic N) is 1. The zero-order valence-corrected chi connectivity index (χ0v) is 13.1. The van der Waals surface area contributed by atoms with Crippen molar-refractivity contribution in [2.75, 3.05) is 13.6 Å². The number of aromatic amines is 1. The average molecular weight is 301 g/mol. The Bertz CT molecular complexity index is 676. The summed E-state index contributed by atoms with van der Waals surface area (Å²) in [6.45, 7) is 2.07. The fourth-order valence-corrected chi connectivity index (χ4v) is 2.62. The van der Waals surface area contributed by atoms with Crippen LogP contribution in [0.1, 0.15) is 11.1 Å². The molecule has 0 radical (unpaired) electrons. The highest BCUT2D eigenvalue weighted by Gasteiger charge is 2.05. The smallest absolute Gasteiger partial charge is 0.0456 e. The van der Waals surface area contributed by atoms with Crippen molar-refractivity contribution < 1.29 is 0 Å². The number of rotatable bonds is 5. The minimum absolute atomic E-state index is 0. The summed E-state index contributed by atoms with van der Waals surface area (Å²) < 4.78 is 0. The van der Waals surface area contributed by atoms with Gasteiger partial charge in [-0.15, -0.1) is 12.4 Å². The normalized spacial score (nSPS) is 10.8. The predicted octanol–water partition coefficient (Wildman–Crippen LogP) is 4.26. The van der Waals surface area contributed by atoms with Gasteiger partial charge in [0.2, 0.25) is 0 Å². The Morgan fingerprint density at radius 2 is 1.67 bits per heavy atom. The van der Waals surface area contributed by atoms with Crippen LogP contribution in [0.15, 0.2) is 60.8 Å². The topological polar surface area (TPSA) is 19.0 Å². The first-order chi connectivity index (χ1) is 9.83. The summed E-state index contributed by atoms with van der Waals surface area (Å²) in [6, 6.07) is 19.1. The lowest BCUT2D eigenvalue weighted by atomic mass is 10.1. The summed E-state index contributed by atoms with van der Waals surface area (Å²) in [5.74, 6) is 0. The van der Waals surface area contributed by atoms with Crippen LogP contribution in [0.3, 0.4) is 0 Å². The van der Waals surface area contributed by atoms with E-state index in [0.29, 0.717) is 0 Å². The summed E-state index contributed by atoms with van der Waals surface area (Å²) in [6.07, 6.45) is 3.22. The number of likely N-dealkylation sites (N-methyl/N-ethyl adjacent to an activating group) is 1. The molecule has 21 heavy (non-hydrogen) atoms. The van der Waals surface area contributed by atoms with Gasteiger partial charge in [0, 0.05) is 30.2 Å². The quantitative estimate of drug-likeness (QED) is 0.746. The SMILES string of the molecule is CN(CCc1c[nH]c2ccccc12)Cc1ccccc1.Cl. The first-order valence-corrected chi connectivity index (χ1v) is 7.10. The monoisotopic (exact) mass is 300 g/mol. The lowest BCUT2D eigenvalue weighted by molar-refractivity contribution is 0.331. The van der Waals surface area contributed by atoms with Crippen molar-refractivity contribution >= 4 is 23.3 Å². The number of H-pyrrole nitrogens is 1. The van der Waals surface area contributed by atoms with Crippen LogP contribution >= 0.6 is 12.4 Å². The number of fused-ring (bicyclic) bond motifs is 1. The molecule has 0 aliphatic rings. The highest BCUT2D eigenvalue weighted by molar-refractivity contribution is 5.85. The standard InChI is InChI=1S/C18H20N2.ClH/c1-20(14-15-7-3-2-4-8-15)12-11-16-13-19-18-10-6-5-9-17(16)18;/h2-10,13,19H,11-12,14H2,1H3;1H. The van der Waals surface area contributed by atoms with Crippen LogP contribution in [0.25, 0.3) is 10.9 Å². The van der Waals surface area contributed by atoms with Gasteiger partial charge in [-0.3, -0.25) is 0 Å². The summed E-state index contributed by atoms with van der Waals surface area (Å²) in [5.41, 5.74) is 4.00. The number of halogens is 1. The molecule has 0 saturated carbocycles. The van der Waals surface area contributed by atoms with Gasteiger partial charge in [-0.2, -0.15) is 0 Å². The predicted molar refractivity (Wildman–Crippen MR) is 92.0 cm³/mol. The Labute approximate surface area is 132 Å². The van der Waals surface area contributed by atoms with E-state index in [-0.39, 0.29) is 12.4 Å². The third-order valence-electron chi connectivity index (χ3n) is 3.73. The molecule has 0 atom stereocenters. The van der Waals surface area contributed by atoms with E-state index in [1.165, 1.54) is 22.0 Å². The van der Waals surface area contributed by atoms with Crippen molar-refractivity contribution in [1.29, 1.82) is 0 Å². The fourth-order valence-electron chi connectivity index (χ4n) is 2.62. The second kappa shape index (κ2) is 7.30. The van der Waals surface area contributed by atoms with E-state index in [1.807, 2.05) is 0 Å². The molecule has 3 aromatic rings. The van der Waals surface area contributed by atoms with Crippen LogP contribution < -0.4 is 0 Å². The van der Waals surface area contributed by atoms with Gasteiger partial charge < -0.3 is 9.88 Å². The summed E-state index contributed by atoms with van der Waals surface area (Å²) in [4.78, 5) is 5.72. The van der Waals surface area contributed by atoms with Crippen LogP contribution in [0.2, 0.25) is 0 Å². The third-order valence-corrected chi connectivity index (χ3v) is 3.73. The minimum Gasteiger partial charge on any atom is -0.361 e. The summed E-state index contributed by atoms with van der Waals surface area (Å²) >= 11 is 0. The van der Waals surface area contributed by atoms with Crippen molar-refractivity contribution in [3.63, 3.8) is 0 Å². The second-order valence-corrected chi connectivity index (χ2v) is 5.33. The largest absolute Gasteiger partial charge is 0.361 e. The molecule has 0 aliphatic heterocycles. The Morgan fingerprint density at radius 3 is 2.48 bits per heavy atom. The van der Waals surface area contributed by atoms with Gasteiger partial charge in [-0.05, 0) is 30.7 Å². The van der Waals surface area contributed by atoms with Crippen LogP contribution in [0.4, 0.5) is 0 Å². The third kappa shape index (κ3) is 3.87.